The van der Waals surface area contributed by atoms with E-state index in [9.17, 15) is 16.8 Å². The molecule has 0 unspecified atom stereocenters. The Labute approximate surface area is 241 Å². The summed E-state index contributed by atoms with van der Waals surface area (Å²) in [6.07, 6.45) is 2.66. The molecule has 4 aromatic rings. The van der Waals surface area contributed by atoms with Gasteiger partial charge in [-0.1, -0.05) is 34.8 Å². The second-order valence-corrected chi connectivity index (χ2v) is 14.4. The van der Waals surface area contributed by atoms with Gasteiger partial charge in [-0.25, -0.2) is 31.8 Å². The molecule has 0 bridgehead atoms. The molecule has 4 rings (SSSR count). The summed E-state index contributed by atoms with van der Waals surface area (Å²) in [5.41, 5.74) is 0.624. The van der Waals surface area contributed by atoms with Crippen LogP contribution < -0.4 is 18.9 Å². The van der Waals surface area contributed by atoms with Crippen LogP contribution in [0, 0.1) is 6.92 Å². The van der Waals surface area contributed by atoms with E-state index < -0.39 is 20.0 Å². The van der Waals surface area contributed by atoms with Crippen LogP contribution in [0.25, 0.3) is 0 Å². The Hall–Kier alpha value is -2.47. The van der Waals surface area contributed by atoms with Crippen molar-refractivity contribution < 1.29 is 26.3 Å². The zero-order valence-electron chi connectivity index (χ0n) is 19.5. The normalized spacial score (nSPS) is 11.3. The van der Waals surface area contributed by atoms with Crippen LogP contribution in [0.3, 0.4) is 0 Å². The summed E-state index contributed by atoms with van der Waals surface area (Å²) in [6, 6.07) is 5.82. The monoisotopic (exact) mass is 658 g/mol. The molecule has 0 aliphatic heterocycles. The highest BCUT2D eigenvalue weighted by Gasteiger charge is 2.21. The van der Waals surface area contributed by atoms with Crippen LogP contribution in [-0.2, 0) is 20.0 Å². The van der Waals surface area contributed by atoms with E-state index in [-0.39, 0.29) is 37.0 Å². The average molecular weight is 660 g/mol. The van der Waals surface area contributed by atoms with Gasteiger partial charge in [-0.2, -0.15) is 4.98 Å². The van der Waals surface area contributed by atoms with Gasteiger partial charge >= 0.3 is 0 Å². The van der Waals surface area contributed by atoms with E-state index in [0.717, 1.165) is 22.7 Å². The SMILES string of the molecule is COc1nc(C)cnc1NS(=O)(=O)c1ccc(Cl)s1.COc1nc(Cl)cnc1NS(=O)(=O)c1ccc(Cl)s1. The summed E-state index contributed by atoms with van der Waals surface area (Å²) < 4.78 is 63.7. The van der Waals surface area contributed by atoms with Crippen molar-refractivity contribution in [2.75, 3.05) is 23.7 Å². The highest BCUT2D eigenvalue weighted by atomic mass is 35.5. The lowest BCUT2D eigenvalue weighted by molar-refractivity contribution is 0.397. The number of nitrogens with one attached hydrogen (secondary N) is 2. The van der Waals surface area contributed by atoms with Crippen molar-refractivity contribution in [3.05, 3.63) is 56.2 Å². The molecule has 0 aliphatic rings. The van der Waals surface area contributed by atoms with Crippen LogP contribution in [0.1, 0.15) is 5.69 Å². The van der Waals surface area contributed by atoms with Gasteiger partial charge < -0.3 is 9.47 Å². The second kappa shape index (κ2) is 12.6. The van der Waals surface area contributed by atoms with Crippen molar-refractivity contribution >= 4 is 89.2 Å². The molecule has 4 aromatic heterocycles. The number of thiophene rings is 2. The van der Waals surface area contributed by atoms with Crippen LogP contribution in [0.4, 0.5) is 11.6 Å². The van der Waals surface area contributed by atoms with E-state index in [1.165, 1.54) is 50.9 Å². The van der Waals surface area contributed by atoms with Gasteiger partial charge in [-0.3, -0.25) is 9.44 Å². The number of ether oxygens (including phenoxy) is 2. The minimum Gasteiger partial charge on any atom is -0.478 e. The third kappa shape index (κ3) is 7.78. The number of hydrogen-bond acceptors (Lipinski definition) is 12. The van der Waals surface area contributed by atoms with Gasteiger partial charge in [0.15, 0.2) is 5.15 Å². The molecule has 0 spiro atoms. The van der Waals surface area contributed by atoms with Gasteiger partial charge in [0.1, 0.15) is 8.42 Å². The molecule has 0 radical (unpaired) electrons. The first-order valence-electron chi connectivity index (χ1n) is 9.85. The topological polar surface area (TPSA) is 162 Å². The van der Waals surface area contributed by atoms with Crippen LogP contribution in [-0.4, -0.2) is 51.0 Å². The van der Waals surface area contributed by atoms with E-state index in [0.29, 0.717) is 14.4 Å². The third-order valence-corrected chi connectivity index (χ3v) is 10.4. The van der Waals surface area contributed by atoms with Crippen molar-refractivity contribution in [2.24, 2.45) is 0 Å². The zero-order valence-corrected chi connectivity index (χ0v) is 25.0. The predicted molar refractivity (Wildman–Crippen MR) is 147 cm³/mol. The van der Waals surface area contributed by atoms with Crippen LogP contribution in [0.2, 0.25) is 13.8 Å². The van der Waals surface area contributed by atoms with Gasteiger partial charge in [-0.05, 0) is 31.2 Å². The van der Waals surface area contributed by atoms with Gasteiger partial charge in [0.2, 0.25) is 11.6 Å². The van der Waals surface area contributed by atoms with Gasteiger partial charge in [0.25, 0.3) is 31.8 Å². The summed E-state index contributed by atoms with van der Waals surface area (Å²) in [7, 11) is -4.79. The fourth-order valence-corrected chi connectivity index (χ4v) is 7.58. The highest BCUT2D eigenvalue weighted by Crippen LogP contribution is 2.30. The third-order valence-electron chi connectivity index (χ3n) is 4.05. The Morgan fingerprint density at radius 2 is 1.18 bits per heavy atom. The predicted octanol–water partition coefficient (Wildman–Crippen LogP) is 4.96. The molecule has 2 N–H and O–H groups in total. The van der Waals surface area contributed by atoms with Crippen molar-refractivity contribution in [3.63, 3.8) is 0 Å². The molecule has 0 atom stereocenters. The molecule has 204 valence electrons. The lowest BCUT2D eigenvalue weighted by Crippen LogP contribution is -2.14. The smallest absolute Gasteiger partial charge is 0.272 e. The molecule has 12 nitrogen and oxygen atoms in total. The Morgan fingerprint density at radius 1 is 0.737 bits per heavy atom. The molecule has 0 saturated carbocycles. The first kappa shape index (κ1) is 30.1. The Morgan fingerprint density at radius 3 is 1.61 bits per heavy atom. The lowest BCUT2D eigenvalue weighted by Gasteiger charge is -2.09. The highest BCUT2D eigenvalue weighted by molar-refractivity contribution is 7.95. The number of halogens is 3. The molecule has 38 heavy (non-hydrogen) atoms. The molecular formula is C19H17Cl3N6O6S4. The lowest BCUT2D eigenvalue weighted by atomic mass is 10.5. The number of rotatable bonds is 8. The molecule has 0 fully saturated rings. The van der Waals surface area contributed by atoms with E-state index in [1.54, 1.807) is 6.92 Å². The number of nitrogens with zero attached hydrogens (tertiary/aromatic N) is 4. The molecule has 0 amide bonds. The van der Waals surface area contributed by atoms with Crippen molar-refractivity contribution in [3.8, 4) is 11.8 Å². The van der Waals surface area contributed by atoms with Crippen molar-refractivity contribution in [1.29, 1.82) is 0 Å². The summed E-state index contributed by atoms with van der Waals surface area (Å²) in [4.78, 5) is 15.6. The summed E-state index contributed by atoms with van der Waals surface area (Å²) in [6.45, 7) is 1.73. The zero-order chi connectivity index (χ0) is 28.1. The molecule has 0 saturated heterocycles. The first-order valence-corrected chi connectivity index (χ1v) is 15.6. The Kier molecular flexibility index (Phi) is 9.96. The summed E-state index contributed by atoms with van der Waals surface area (Å²) in [5, 5.41) is 0.0963. The average Bonchev–Trinajstić information content (AvgIpc) is 3.50. The van der Waals surface area contributed by atoms with Gasteiger partial charge in [0, 0.05) is 0 Å². The van der Waals surface area contributed by atoms with E-state index >= 15 is 0 Å². The standard InChI is InChI=1S/C10H10ClN3O3S2.C9H7Cl2N3O3S2/c1-6-5-12-9(10(13-6)17-2)14-19(15,16)8-4-3-7(11)18-8;1-17-9-8(12-4-5(10)13-9)14-19(15,16)7-3-2-6(11)18-7/h3-5H,1-2H3,(H,12,14);2-4H,1H3,(H,12,14). The number of hydrogen-bond donors (Lipinski definition) is 2. The van der Waals surface area contributed by atoms with Gasteiger partial charge in [-0.15, -0.1) is 22.7 Å². The van der Waals surface area contributed by atoms with Crippen molar-refractivity contribution in [1.82, 2.24) is 19.9 Å². The second-order valence-electron chi connectivity index (χ2n) is 6.75. The molecule has 19 heteroatoms. The maximum absolute atomic E-state index is 12.1. The van der Waals surface area contributed by atoms with Crippen LogP contribution in [0.5, 0.6) is 11.8 Å². The van der Waals surface area contributed by atoms with E-state index in [4.69, 9.17) is 44.3 Å². The minimum atomic E-state index is -3.78. The first-order chi connectivity index (χ1) is 17.8. The Balaban J connectivity index is 0.000000211. The van der Waals surface area contributed by atoms with Gasteiger partial charge in [0.05, 0.1) is 41.0 Å². The maximum Gasteiger partial charge on any atom is 0.272 e. The fourth-order valence-electron chi connectivity index (χ4n) is 2.47. The summed E-state index contributed by atoms with van der Waals surface area (Å²) in [5.74, 6) is 0.0963. The molecule has 0 aromatic carbocycles. The molecule has 4 heterocycles. The minimum absolute atomic E-state index is 0.0151. The Bertz CT molecular complexity index is 1520. The number of anilines is 2. The van der Waals surface area contributed by atoms with E-state index in [2.05, 4.69) is 29.4 Å². The number of sulfonamides is 2. The summed E-state index contributed by atoms with van der Waals surface area (Å²) >= 11 is 19.0. The quantitative estimate of drug-likeness (QED) is 0.264. The molecular weight excluding hydrogens is 643 g/mol. The number of aryl methyl sites for hydroxylation is 1. The van der Waals surface area contributed by atoms with Crippen LogP contribution >= 0.6 is 57.5 Å². The largest absolute Gasteiger partial charge is 0.478 e. The number of methoxy groups -OCH3 is 2. The fraction of sp³-hybridized carbons (Fsp3) is 0.158. The van der Waals surface area contributed by atoms with E-state index in [1.807, 2.05) is 0 Å². The van der Waals surface area contributed by atoms with Crippen LogP contribution in [0.15, 0.2) is 45.1 Å². The van der Waals surface area contributed by atoms with Crippen molar-refractivity contribution in [2.45, 2.75) is 15.3 Å². The maximum atomic E-state index is 12.1. The molecule has 0 aliphatic carbocycles. The number of aromatic nitrogens is 4.